The van der Waals surface area contributed by atoms with E-state index in [1.807, 2.05) is 42.5 Å². The van der Waals surface area contributed by atoms with E-state index in [1.165, 1.54) is 11.3 Å². The van der Waals surface area contributed by atoms with Crippen LogP contribution in [0.25, 0.3) is 10.4 Å². The molecule has 0 aliphatic carbocycles. The highest BCUT2D eigenvalue weighted by Gasteiger charge is 2.45. The van der Waals surface area contributed by atoms with Gasteiger partial charge in [0.05, 0.1) is 13.2 Å². The Labute approximate surface area is 191 Å². The molecule has 4 atom stereocenters. The lowest BCUT2D eigenvalue weighted by Crippen LogP contribution is -2.43. The predicted octanol–water partition coefficient (Wildman–Crippen LogP) is 0.515. The van der Waals surface area contributed by atoms with Crippen LogP contribution in [0, 0.1) is 0 Å². The zero-order chi connectivity index (χ0) is 23.8. The zero-order valence-electron chi connectivity index (χ0n) is 17.0. The van der Waals surface area contributed by atoms with Crippen LogP contribution in [-0.4, -0.2) is 54.1 Å². The molecule has 2 unspecified atom stereocenters. The van der Waals surface area contributed by atoms with Crippen LogP contribution in [-0.2, 0) is 20.4 Å². The molecule has 1 aliphatic heterocycles. The number of phosphoric ester groups is 1. The van der Waals surface area contributed by atoms with E-state index in [-0.39, 0.29) is 6.54 Å². The number of aromatic nitrogens is 2. The van der Waals surface area contributed by atoms with Crippen molar-refractivity contribution >= 4 is 19.2 Å². The van der Waals surface area contributed by atoms with Gasteiger partial charge in [0.1, 0.15) is 18.3 Å². The lowest BCUT2D eigenvalue weighted by atomic mass is 10.1. The van der Waals surface area contributed by atoms with Gasteiger partial charge in [-0.05, 0) is 17.7 Å². The van der Waals surface area contributed by atoms with Crippen LogP contribution in [0.2, 0.25) is 0 Å². The predicted molar refractivity (Wildman–Crippen MR) is 118 cm³/mol. The third kappa shape index (κ3) is 5.24. The number of aliphatic hydroxyl groups is 2. The van der Waals surface area contributed by atoms with Crippen molar-refractivity contribution < 1.29 is 33.8 Å². The molecule has 2 aromatic heterocycles. The lowest BCUT2D eigenvalue weighted by Gasteiger charge is -2.18. The summed E-state index contributed by atoms with van der Waals surface area (Å²) in [5.74, 6) is 0. The first-order chi connectivity index (χ1) is 15.6. The summed E-state index contributed by atoms with van der Waals surface area (Å²) in [4.78, 5) is 44.8. The summed E-state index contributed by atoms with van der Waals surface area (Å²) in [7, 11) is -4.82. The van der Waals surface area contributed by atoms with E-state index in [0.717, 1.165) is 36.7 Å². The Morgan fingerprint density at radius 1 is 1.03 bits per heavy atom. The quantitative estimate of drug-likeness (QED) is 0.342. The number of phosphoric acid groups is 1. The Balaban J connectivity index is 1.58. The van der Waals surface area contributed by atoms with Crippen molar-refractivity contribution in [1.29, 1.82) is 0 Å². The molecular weight excluding hydrogens is 475 g/mol. The Hall–Kier alpha value is -2.41. The fraction of sp³-hybridized carbons (Fsp3) is 0.300. The van der Waals surface area contributed by atoms with Gasteiger partial charge in [-0.2, -0.15) is 0 Å². The average molecular weight is 496 g/mol. The molecule has 0 spiro atoms. The molecule has 0 amide bonds. The SMILES string of the molecule is O=c1ccn([C@@H]2O[C@H](COP(=O)(O)O)C(O)C2O)c(=O)n1Cc1ccc(-c2ccccc2)s1. The van der Waals surface area contributed by atoms with Gasteiger partial charge in [-0.1, -0.05) is 30.3 Å². The van der Waals surface area contributed by atoms with E-state index in [1.54, 1.807) is 0 Å². The van der Waals surface area contributed by atoms with E-state index in [0.29, 0.717) is 0 Å². The van der Waals surface area contributed by atoms with Gasteiger partial charge in [-0.15, -0.1) is 11.3 Å². The van der Waals surface area contributed by atoms with Gasteiger partial charge < -0.3 is 24.7 Å². The first kappa shape index (κ1) is 23.7. The van der Waals surface area contributed by atoms with E-state index < -0.39 is 50.2 Å². The van der Waals surface area contributed by atoms with Crippen molar-refractivity contribution in [1.82, 2.24) is 9.13 Å². The van der Waals surface area contributed by atoms with Crippen molar-refractivity contribution in [2.24, 2.45) is 0 Å². The number of rotatable bonds is 7. The smallest absolute Gasteiger partial charge is 0.387 e. The minimum absolute atomic E-state index is 0.00782. The number of thiophene rings is 1. The monoisotopic (exact) mass is 496 g/mol. The van der Waals surface area contributed by atoms with E-state index in [2.05, 4.69) is 4.52 Å². The maximum Gasteiger partial charge on any atom is 0.469 e. The van der Waals surface area contributed by atoms with Crippen molar-refractivity contribution in [2.45, 2.75) is 31.1 Å². The largest absolute Gasteiger partial charge is 0.469 e. The summed E-state index contributed by atoms with van der Waals surface area (Å²) in [5, 5.41) is 20.5. The minimum Gasteiger partial charge on any atom is -0.387 e. The highest BCUT2D eigenvalue weighted by atomic mass is 32.1. The van der Waals surface area contributed by atoms with Crippen molar-refractivity contribution in [3.05, 3.63) is 80.4 Å². The van der Waals surface area contributed by atoms with Crippen molar-refractivity contribution in [3.63, 3.8) is 0 Å². The number of ether oxygens (including phenoxy) is 1. The molecule has 1 saturated heterocycles. The standard InChI is InChI=1S/C20H21N2O9PS/c23-16-8-9-21(19-18(25)17(24)14(31-19)11-30-32(27,28)29)20(26)22(16)10-13-6-7-15(33-13)12-4-2-1-3-5-12/h1-9,14,17-19,24-25H,10-11H2,(H2,27,28,29)/t14-,17?,18?,19-/m1/s1. The molecule has 33 heavy (non-hydrogen) atoms. The molecule has 3 heterocycles. The molecule has 4 rings (SSSR count). The molecule has 11 nitrogen and oxygen atoms in total. The lowest BCUT2D eigenvalue weighted by molar-refractivity contribution is -0.0548. The number of benzene rings is 1. The molecule has 1 aliphatic rings. The van der Waals surface area contributed by atoms with E-state index >= 15 is 0 Å². The molecule has 13 heteroatoms. The molecule has 4 N–H and O–H groups in total. The highest BCUT2D eigenvalue weighted by molar-refractivity contribution is 7.46. The number of nitrogens with zero attached hydrogens (tertiary/aromatic N) is 2. The Morgan fingerprint density at radius 3 is 2.45 bits per heavy atom. The Bertz CT molecular complexity index is 1280. The average Bonchev–Trinajstić information content (AvgIpc) is 3.35. The van der Waals surface area contributed by atoms with Gasteiger partial charge in [0, 0.05) is 22.0 Å². The van der Waals surface area contributed by atoms with Crippen LogP contribution in [0.3, 0.4) is 0 Å². The first-order valence-electron chi connectivity index (χ1n) is 9.82. The molecule has 1 aromatic carbocycles. The van der Waals surface area contributed by atoms with Gasteiger partial charge in [-0.3, -0.25) is 18.5 Å². The zero-order valence-corrected chi connectivity index (χ0v) is 18.7. The molecular formula is C20H21N2O9PS. The number of aliphatic hydroxyl groups excluding tert-OH is 2. The third-order valence-electron chi connectivity index (χ3n) is 5.15. The van der Waals surface area contributed by atoms with Gasteiger partial charge in [-0.25, -0.2) is 9.36 Å². The normalized spacial score (nSPS) is 23.2. The first-order valence-corrected chi connectivity index (χ1v) is 12.2. The fourth-order valence-corrected chi connectivity index (χ4v) is 4.86. The molecule has 0 saturated carbocycles. The van der Waals surface area contributed by atoms with Gasteiger partial charge in [0.25, 0.3) is 5.56 Å². The Morgan fingerprint density at radius 2 is 1.76 bits per heavy atom. The van der Waals surface area contributed by atoms with Crippen LogP contribution in [0.1, 0.15) is 11.1 Å². The Kier molecular flexibility index (Phi) is 6.80. The van der Waals surface area contributed by atoms with Crippen molar-refractivity contribution in [3.8, 4) is 10.4 Å². The van der Waals surface area contributed by atoms with Gasteiger partial charge >= 0.3 is 13.5 Å². The van der Waals surface area contributed by atoms with Gasteiger partial charge in [0.15, 0.2) is 6.23 Å². The van der Waals surface area contributed by atoms with E-state index in [4.69, 9.17) is 14.5 Å². The van der Waals surface area contributed by atoms with Crippen LogP contribution in [0.5, 0.6) is 0 Å². The second-order valence-electron chi connectivity index (χ2n) is 7.39. The summed E-state index contributed by atoms with van der Waals surface area (Å²) in [6.07, 6.45) is -4.70. The highest BCUT2D eigenvalue weighted by Crippen LogP contribution is 2.38. The molecule has 3 aromatic rings. The van der Waals surface area contributed by atoms with Crippen LogP contribution < -0.4 is 11.2 Å². The fourth-order valence-electron chi connectivity index (χ4n) is 3.51. The molecule has 0 radical (unpaired) electrons. The van der Waals surface area contributed by atoms with Crippen LogP contribution in [0.15, 0.2) is 64.3 Å². The van der Waals surface area contributed by atoms with Gasteiger partial charge in [0.2, 0.25) is 0 Å². The molecule has 176 valence electrons. The number of hydrogen-bond acceptors (Lipinski definition) is 8. The topological polar surface area (TPSA) is 160 Å². The summed E-state index contributed by atoms with van der Waals surface area (Å²) < 4.78 is 22.6. The maximum atomic E-state index is 13.0. The summed E-state index contributed by atoms with van der Waals surface area (Å²) in [6.45, 7) is -0.711. The van der Waals surface area contributed by atoms with Crippen LogP contribution >= 0.6 is 19.2 Å². The maximum absolute atomic E-state index is 13.0. The second kappa shape index (κ2) is 9.45. The molecule has 1 fully saturated rings. The van der Waals surface area contributed by atoms with Crippen molar-refractivity contribution in [2.75, 3.05) is 6.61 Å². The minimum atomic E-state index is -4.82. The summed E-state index contributed by atoms with van der Waals surface area (Å²) >= 11 is 1.43. The second-order valence-corrected chi connectivity index (χ2v) is 9.80. The number of hydrogen-bond donors (Lipinski definition) is 4. The van der Waals surface area contributed by atoms with E-state index in [9.17, 15) is 24.4 Å². The van der Waals surface area contributed by atoms with Crippen LogP contribution in [0.4, 0.5) is 0 Å². The summed E-state index contributed by atoms with van der Waals surface area (Å²) in [5.41, 5.74) is -0.322. The molecule has 0 bridgehead atoms. The third-order valence-corrected chi connectivity index (χ3v) is 6.75. The summed E-state index contributed by atoms with van der Waals surface area (Å²) in [6, 6.07) is 14.5.